The number of halogens is 1. The lowest BCUT2D eigenvalue weighted by atomic mass is 9.46. The zero-order valence-corrected chi connectivity index (χ0v) is 26.7. The molecule has 1 spiro atoms. The fourth-order valence-electron chi connectivity index (χ4n) is 6.84. The highest BCUT2D eigenvalue weighted by Crippen LogP contribution is 2.50. The number of aliphatic hydroxyl groups is 1. The van der Waals surface area contributed by atoms with Crippen LogP contribution in [0.3, 0.4) is 0 Å². The van der Waals surface area contributed by atoms with Crippen LogP contribution in [-0.4, -0.2) is 92.5 Å². The molecule has 0 saturated carbocycles. The quantitative estimate of drug-likeness (QED) is 0.207. The van der Waals surface area contributed by atoms with Crippen LogP contribution in [0.1, 0.15) is 35.8 Å². The molecule has 6 rings (SSSR count). The number of fused-ring (bicyclic) bond motifs is 2. The maximum absolute atomic E-state index is 11.0. The van der Waals surface area contributed by atoms with Gasteiger partial charge in [-0.05, 0) is 54.5 Å². The molecular formula is C26H34B5ClN8OS. The lowest BCUT2D eigenvalue weighted by Crippen LogP contribution is -2.64. The summed E-state index contributed by atoms with van der Waals surface area (Å²) in [5.74, 6) is 1.43. The number of pyridine rings is 2. The molecule has 0 aromatic carbocycles. The minimum absolute atomic E-state index is 0.0192. The van der Waals surface area contributed by atoms with Gasteiger partial charge in [0.25, 0.3) is 0 Å². The Hall–Kier alpha value is -2.60. The molecular weight excluding hydrogens is 562 g/mol. The van der Waals surface area contributed by atoms with Crippen molar-refractivity contribution in [2.75, 3.05) is 22.9 Å². The molecule has 9 nitrogen and oxygen atoms in total. The van der Waals surface area contributed by atoms with Crippen LogP contribution < -0.4 is 15.5 Å². The van der Waals surface area contributed by atoms with Gasteiger partial charge in [-0.3, -0.25) is 9.38 Å². The first-order valence-corrected chi connectivity index (χ1v) is 15.6. The van der Waals surface area contributed by atoms with Gasteiger partial charge in [-0.2, -0.15) is 0 Å². The van der Waals surface area contributed by atoms with Crippen LogP contribution in [0.5, 0.6) is 0 Å². The van der Waals surface area contributed by atoms with E-state index in [4.69, 9.17) is 27.3 Å². The summed E-state index contributed by atoms with van der Waals surface area (Å²) in [6, 6.07) is 6.04. The molecule has 212 valence electrons. The molecule has 1 aliphatic carbocycles. The van der Waals surface area contributed by atoms with Crippen LogP contribution in [0, 0.1) is 12.3 Å². The van der Waals surface area contributed by atoms with Crippen LogP contribution in [0.2, 0.25) is 5.02 Å². The maximum Gasteiger partial charge on any atom is 0.211 e. The largest absolute Gasteiger partial charge is 0.388 e. The first kappa shape index (κ1) is 29.5. The second kappa shape index (κ2) is 10.5. The van der Waals surface area contributed by atoms with Crippen LogP contribution in [-0.2, 0) is 6.42 Å². The van der Waals surface area contributed by atoms with E-state index in [-0.39, 0.29) is 11.5 Å². The van der Waals surface area contributed by atoms with Crippen LogP contribution in [0.15, 0.2) is 52.8 Å². The number of aryl methyl sites for hydroxylation is 1. The summed E-state index contributed by atoms with van der Waals surface area (Å²) in [6.45, 7) is 3.76. The van der Waals surface area contributed by atoms with Crippen molar-refractivity contribution in [3.05, 3.63) is 65.0 Å². The van der Waals surface area contributed by atoms with Crippen molar-refractivity contribution in [1.29, 1.82) is 0 Å². The van der Waals surface area contributed by atoms with E-state index in [0.717, 1.165) is 65.1 Å². The minimum Gasteiger partial charge on any atom is -0.388 e. The highest BCUT2D eigenvalue weighted by molar-refractivity contribution is 7.99. The monoisotopic (exact) mass is 596 g/mol. The van der Waals surface area contributed by atoms with E-state index in [9.17, 15) is 5.11 Å². The summed E-state index contributed by atoms with van der Waals surface area (Å²) in [5, 5.41) is 11.1. The Kier molecular flexibility index (Phi) is 7.40. The van der Waals surface area contributed by atoms with Crippen LogP contribution in [0.25, 0.3) is 5.65 Å². The summed E-state index contributed by atoms with van der Waals surface area (Å²) in [6.07, 6.45) is 10.3. The molecule has 0 bridgehead atoms. The van der Waals surface area contributed by atoms with Gasteiger partial charge in [0.2, 0.25) is 5.95 Å². The number of nitrogens with zero attached hydrogens (tertiary/aromatic N) is 7. The fraction of sp³-hybridized carbons (Fsp3) is 0.385. The van der Waals surface area contributed by atoms with Crippen molar-refractivity contribution < 1.29 is 5.11 Å². The molecule has 2 aliphatic rings. The third-order valence-electron chi connectivity index (χ3n) is 8.61. The first-order valence-electron chi connectivity index (χ1n) is 14.4. The summed E-state index contributed by atoms with van der Waals surface area (Å²) < 4.78 is 2.08. The number of aromatic nitrogens is 5. The van der Waals surface area contributed by atoms with E-state index < -0.39 is 10.8 Å². The third kappa shape index (κ3) is 5.02. The van der Waals surface area contributed by atoms with Crippen molar-refractivity contribution in [2.45, 2.75) is 52.8 Å². The molecule has 4 aromatic rings. The molecule has 42 heavy (non-hydrogen) atoms. The lowest BCUT2D eigenvalue weighted by molar-refractivity contribution is 0.186. The van der Waals surface area contributed by atoms with Gasteiger partial charge in [-0.1, -0.05) is 29.4 Å². The summed E-state index contributed by atoms with van der Waals surface area (Å²) in [4.78, 5) is 25.0. The van der Waals surface area contributed by atoms with Gasteiger partial charge in [0.05, 0.1) is 21.1 Å². The maximum atomic E-state index is 11.0. The Morgan fingerprint density at radius 2 is 1.83 bits per heavy atom. The smallest absolute Gasteiger partial charge is 0.211 e. The Labute approximate surface area is 260 Å². The number of hydrogen-bond donors (Lipinski definition) is 2. The number of imidazole rings is 1. The predicted molar refractivity (Wildman–Crippen MR) is 183 cm³/mol. The van der Waals surface area contributed by atoms with E-state index in [1.807, 2.05) is 66.1 Å². The highest BCUT2D eigenvalue weighted by Gasteiger charge is 2.47. The van der Waals surface area contributed by atoms with Crippen molar-refractivity contribution in [3.8, 4) is 0 Å². The summed E-state index contributed by atoms with van der Waals surface area (Å²) >= 11 is 8.52. The van der Waals surface area contributed by atoms with E-state index >= 15 is 0 Å². The summed E-state index contributed by atoms with van der Waals surface area (Å²) in [7, 11) is 9.58. The van der Waals surface area contributed by atoms with Crippen molar-refractivity contribution in [3.63, 3.8) is 0 Å². The predicted octanol–water partition coefficient (Wildman–Crippen LogP) is -1.34. The second-order valence-corrected chi connectivity index (χ2v) is 14.5. The van der Waals surface area contributed by atoms with E-state index in [1.54, 1.807) is 21.9 Å². The van der Waals surface area contributed by atoms with Gasteiger partial charge in [-0.25, -0.2) is 15.0 Å². The minimum atomic E-state index is -1.16. The molecule has 1 aliphatic heterocycles. The van der Waals surface area contributed by atoms with Crippen molar-refractivity contribution in [2.24, 2.45) is 11.1 Å². The van der Waals surface area contributed by atoms with E-state index in [1.165, 1.54) is 17.3 Å². The first-order chi connectivity index (χ1) is 19.8. The van der Waals surface area contributed by atoms with Gasteiger partial charge >= 0.3 is 0 Å². The Balaban J connectivity index is 1.29. The zero-order valence-electron chi connectivity index (χ0n) is 25.1. The normalized spacial score (nSPS) is 18.5. The van der Waals surface area contributed by atoms with Crippen LogP contribution in [0.4, 0.5) is 11.8 Å². The summed E-state index contributed by atoms with van der Waals surface area (Å²) in [5.41, 5.74) is 9.74. The number of nitrogens with two attached hydrogens (primary N) is 1. The highest BCUT2D eigenvalue weighted by atomic mass is 35.5. The fourth-order valence-corrected chi connectivity index (χ4v) is 8.12. The second-order valence-electron chi connectivity index (χ2n) is 13.0. The van der Waals surface area contributed by atoms with E-state index in [0.29, 0.717) is 10.8 Å². The number of anilines is 2. The molecule has 0 unspecified atom stereocenters. The van der Waals surface area contributed by atoms with Crippen molar-refractivity contribution in [1.82, 2.24) is 24.3 Å². The van der Waals surface area contributed by atoms with E-state index in [2.05, 4.69) is 25.3 Å². The topological polar surface area (TPSA) is 109 Å². The van der Waals surface area contributed by atoms with Crippen LogP contribution >= 0.6 is 23.4 Å². The van der Waals surface area contributed by atoms with Crippen molar-refractivity contribution >= 4 is 80.0 Å². The Bertz CT molecular complexity index is 1640. The van der Waals surface area contributed by atoms with Gasteiger partial charge in [0.1, 0.15) is 29.4 Å². The molecule has 0 radical (unpaired) electrons. The molecule has 5 heterocycles. The Morgan fingerprint density at radius 1 is 1.10 bits per heavy atom. The third-order valence-corrected chi connectivity index (χ3v) is 10.3. The van der Waals surface area contributed by atoms with Gasteiger partial charge in [0, 0.05) is 54.5 Å². The Morgan fingerprint density at radius 3 is 2.50 bits per heavy atom. The molecule has 3 N–H and O–H groups in total. The SMILES string of the molecule is BC(B)(B)N(c1nccc(Sc2c(C)nc(N3CCC4(CC3)Cc3ncccc3[C@H]4N)n3ccnc23)c1Cl)C(B)(B)O. The van der Waals surface area contributed by atoms with Gasteiger partial charge < -0.3 is 20.6 Å². The van der Waals surface area contributed by atoms with Gasteiger partial charge in [0.15, 0.2) is 21.3 Å². The zero-order chi connectivity index (χ0) is 30.0. The van der Waals surface area contributed by atoms with Gasteiger partial charge in [-0.15, -0.1) is 0 Å². The number of piperidine rings is 1. The standard InChI is InChI=1S/C26H34B5ClN8OS/c1-14-19(42-17-4-8-35-21(18(17)32)40(25(27,28)29)26(30,31)41)22-36-9-12-39(22)23(37-14)38-10-5-24(6-11-38)13-16-15(20(24)33)3-2-7-34-16/h2-4,7-9,12,20,41H,5-6,10-11,13,27-31,33H2,1H3/t20-/m1/s1. The molecule has 4 aromatic heterocycles. The number of hydrogen-bond acceptors (Lipinski definition) is 9. The average Bonchev–Trinajstić information content (AvgIpc) is 3.50. The average molecular weight is 596 g/mol. The molecule has 1 fully saturated rings. The molecule has 0 amide bonds. The number of rotatable bonds is 6. The molecule has 16 heteroatoms. The molecule has 1 saturated heterocycles. The lowest BCUT2D eigenvalue weighted by Gasteiger charge is -2.47. The molecule has 1 atom stereocenters.